The molecule has 2 unspecified atom stereocenters. The zero-order valence-corrected chi connectivity index (χ0v) is 18.4. The number of fused-ring (bicyclic) bond motifs is 3. The largest absolute Gasteiger partial charge is 0.416 e. The molecule has 1 aliphatic heterocycles. The maximum absolute atomic E-state index is 14.2. The molecule has 11 heteroatoms. The fraction of sp³-hybridized carbons (Fsp3) is 0.609. The molecular formula is C23H25F5N4O2. The van der Waals surface area contributed by atoms with Gasteiger partial charge in [0.1, 0.15) is 18.0 Å². The Morgan fingerprint density at radius 1 is 1.15 bits per heavy atom. The third kappa shape index (κ3) is 4.60. The molecule has 4 fully saturated rings. The number of anilines is 1. The normalized spacial score (nSPS) is 30.8. The van der Waals surface area contributed by atoms with Crippen molar-refractivity contribution < 1.29 is 31.5 Å². The number of rotatable bonds is 5. The zero-order valence-electron chi connectivity index (χ0n) is 18.4. The van der Waals surface area contributed by atoms with Crippen molar-refractivity contribution in [1.82, 2.24) is 10.2 Å². The first-order chi connectivity index (χ1) is 16.0. The number of hydrogen-bond donors (Lipinski definition) is 2. The number of halogens is 5. The quantitative estimate of drug-likeness (QED) is 0.621. The maximum Gasteiger partial charge on any atom is 0.416 e. The van der Waals surface area contributed by atoms with Crippen LogP contribution >= 0.6 is 0 Å². The van der Waals surface area contributed by atoms with Crippen LogP contribution < -0.4 is 10.6 Å². The number of hydrogen-bond acceptors (Lipinski definition) is 4. The monoisotopic (exact) mass is 484 g/mol. The topological polar surface area (TPSA) is 85.2 Å². The number of nitrogens with zero attached hydrogens (tertiary/aromatic N) is 2. The van der Waals surface area contributed by atoms with Crippen molar-refractivity contribution in [3.8, 4) is 6.07 Å². The van der Waals surface area contributed by atoms with E-state index in [1.54, 1.807) is 0 Å². The van der Waals surface area contributed by atoms with Crippen LogP contribution in [0.2, 0.25) is 0 Å². The Hall–Kier alpha value is -2.74. The number of nitrogens with one attached hydrogen (secondary N) is 2. The van der Waals surface area contributed by atoms with Crippen LogP contribution in [0, 0.1) is 22.6 Å². The summed E-state index contributed by atoms with van der Waals surface area (Å²) in [5.74, 6) is -1.90. The minimum Gasteiger partial charge on any atom is -0.323 e. The van der Waals surface area contributed by atoms with Gasteiger partial charge in [-0.25, -0.2) is 8.78 Å². The molecule has 2 amide bonds. The molecule has 3 saturated carbocycles. The molecule has 1 aromatic rings. The van der Waals surface area contributed by atoms with Crippen LogP contribution in [0.5, 0.6) is 0 Å². The third-order valence-electron chi connectivity index (χ3n) is 7.61. The Morgan fingerprint density at radius 2 is 1.79 bits per heavy atom. The van der Waals surface area contributed by atoms with Crippen molar-refractivity contribution in [1.29, 1.82) is 5.26 Å². The Morgan fingerprint density at radius 3 is 2.35 bits per heavy atom. The summed E-state index contributed by atoms with van der Waals surface area (Å²) in [6, 6.07) is 3.21. The van der Waals surface area contributed by atoms with Crippen molar-refractivity contribution >= 4 is 17.5 Å². The van der Waals surface area contributed by atoms with Crippen LogP contribution in [0.3, 0.4) is 0 Å². The van der Waals surface area contributed by atoms with Gasteiger partial charge in [-0.15, -0.1) is 0 Å². The number of likely N-dealkylation sites (tertiary alicyclic amines) is 1. The van der Waals surface area contributed by atoms with Crippen LogP contribution in [0.25, 0.3) is 0 Å². The fourth-order valence-electron chi connectivity index (χ4n) is 5.39. The second kappa shape index (κ2) is 8.80. The Labute approximate surface area is 193 Å². The first kappa shape index (κ1) is 24.4. The van der Waals surface area contributed by atoms with Gasteiger partial charge in [0.25, 0.3) is 0 Å². The van der Waals surface area contributed by atoms with E-state index < -0.39 is 41.1 Å². The van der Waals surface area contributed by atoms with Crippen LogP contribution in [0.1, 0.15) is 50.5 Å². The molecule has 1 saturated heterocycles. The van der Waals surface area contributed by atoms with Gasteiger partial charge in [0, 0.05) is 17.4 Å². The fourth-order valence-corrected chi connectivity index (χ4v) is 5.39. The molecule has 0 radical (unpaired) electrons. The van der Waals surface area contributed by atoms with Crippen molar-refractivity contribution in [2.24, 2.45) is 5.41 Å². The first-order valence-electron chi connectivity index (χ1n) is 11.2. The molecule has 6 nitrogen and oxygen atoms in total. The molecular weight excluding hydrogens is 459 g/mol. The van der Waals surface area contributed by atoms with E-state index in [4.69, 9.17) is 5.26 Å². The average molecular weight is 484 g/mol. The van der Waals surface area contributed by atoms with Gasteiger partial charge in [-0.05, 0) is 56.7 Å². The van der Waals surface area contributed by atoms with Crippen molar-refractivity contribution in [3.63, 3.8) is 0 Å². The first-order valence-corrected chi connectivity index (χ1v) is 11.2. The molecule has 5 rings (SSSR count). The van der Waals surface area contributed by atoms with Gasteiger partial charge in [-0.2, -0.15) is 18.4 Å². The van der Waals surface area contributed by atoms with E-state index in [1.165, 1.54) is 4.90 Å². The number of alkyl halides is 4. The van der Waals surface area contributed by atoms with E-state index in [0.717, 1.165) is 12.1 Å². The Bertz CT molecular complexity index is 997. The average Bonchev–Trinajstić information content (AvgIpc) is 3.20. The lowest BCUT2D eigenvalue weighted by atomic mass is 9.57. The SMILES string of the molecule is N#CC1CC(F)CN1C(=O)CNC12CCC(C(=O)Nc3ccc(C(F)(F)F)cc3F)(CC1)CC2. The molecule has 1 heterocycles. The highest BCUT2D eigenvalue weighted by Crippen LogP contribution is 2.53. The number of nitriles is 1. The molecule has 184 valence electrons. The predicted octanol–water partition coefficient (Wildman–Crippen LogP) is 3.93. The van der Waals surface area contributed by atoms with Gasteiger partial charge in [0.05, 0.1) is 30.4 Å². The summed E-state index contributed by atoms with van der Waals surface area (Å²) >= 11 is 0. The number of amides is 2. The molecule has 2 bridgehead atoms. The van der Waals surface area contributed by atoms with E-state index in [9.17, 15) is 31.5 Å². The van der Waals surface area contributed by atoms with Crippen molar-refractivity contribution in [2.75, 3.05) is 18.4 Å². The summed E-state index contributed by atoms with van der Waals surface area (Å²) in [6.45, 7) is -0.115. The lowest BCUT2D eigenvalue weighted by molar-refractivity contribution is -0.137. The number of carbonyl (C=O) groups excluding carboxylic acids is 2. The lowest BCUT2D eigenvalue weighted by Gasteiger charge is -2.52. The van der Waals surface area contributed by atoms with E-state index in [0.29, 0.717) is 44.6 Å². The van der Waals surface area contributed by atoms with Gasteiger partial charge in [-0.3, -0.25) is 9.59 Å². The minimum atomic E-state index is -4.68. The smallest absolute Gasteiger partial charge is 0.323 e. The van der Waals surface area contributed by atoms with Crippen molar-refractivity contribution in [3.05, 3.63) is 29.6 Å². The van der Waals surface area contributed by atoms with E-state index >= 15 is 0 Å². The van der Waals surface area contributed by atoms with Crippen molar-refractivity contribution in [2.45, 2.75) is 68.9 Å². The van der Waals surface area contributed by atoms with E-state index in [2.05, 4.69) is 10.6 Å². The van der Waals surface area contributed by atoms with Gasteiger partial charge >= 0.3 is 6.18 Å². The zero-order chi connectivity index (χ0) is 24.7. The summed E-state index contributed by atoms with van der Waals surface area (Å²) in [5, 5.41) is 14.9. The van der Waals surface area contributed by atoms with Crippen LogP contribution in [0.15, 0.2) is 18.2 Å². The molecule has 0 spiro atoms. The molecule has 2 N–H and O–H groups in total. The van der Waals surface area contributed by atoms with Gasteiger partial charge < -0.3 is 15.5 Å². The molecule has 3 aliphatic carbocycles. The summed E-state index contributed by atoms with van der Waals surface area (Å²) < 4.78 is 66.0. The standard InChI is InChI=1S/C23H25F5N4O2/c24-15-10-16(11-29)32(13-15)19(33)12-30-22-6-3-21(4-7-22,5-8-22)20(34)31-18-2-1-14(9-17(18)25)23(26,27)28/h1-2,9,15-16,30H,3-8,10,12-13H2,(H,31,34). The summed E-state index contributed by atoms with van der Waals surface area (Å²) in [6.07, 6.45) is -2.62. The molecule has 2 atom stereocenters. The highest BCUT2D eigenvalue weighted by molar-refractivity contribution is 5.95. The number of carbonyl (C=O) groups is 2. The molecule has 1 aromatic carbocycles. The Balaban J connectivity index is 1.34. The third-order valence-corrected chi connectivity index (χ3v) is 7.61. The van der Waals surface area contributed by atoms with E-state index in [1.807, 2.05) is 6.07 Å². The van der Waals surface area contributed by atoms with Crippen LogP contribution in [0.4, 0.5) is 27.6 Å². The van der Waals surface area contributed by atoms with E-state index in [-0.39, 0.29) is 36.6 Å². The number of benzene rings is 1. The van der Waals surface area contributed by atoms with Crippen LogP contribution in [-0.2, 0) is 15.8 Å². The maximum atomic E-state index is 14.2. The van der Waals surface area contributed by atoms with Gasteiger partial charge in [-0.1, -0.05) is 0 Å². The summed E-state index contributed by atoms with van der Waals surface area (Å²) in [7, 11) is 0. The molecule has 4 aliphatic rings. The highest BCUT2D eigenvalue weighted by Gasteiger charge is 2.52. The minimum absolute atomic E-state index is 0.0184. The van der Waals surface area contributed by atoms with Crippen LogP contribution in [-0.4, -0.2) is 47.6 Å². The Kier molecular flexibility index (Phi) is 6.31. The second-order valence-electron chi connectivity index (χ2n) is 9.58. The summed E-state index contributed by atoms with van der Waals surface area (Å²) in [5.41, 5.74) is -2.51. The second-order valence-corrected chi connectivity index (χ2v) is 9.58. The predicted molar refractivity (Wildman–Crippen MR) is 112 cm³/mol. The van der Waals surface area contributed by atoms with Gasteiger partial charge in [0.2, 0.25) is 11.8 Å². The lowest BCUT2D eigenvalue weighted by Crippen LogP contribution is -2.59. The highest BCUT2D eigenvalue weighted by atomic mass is 19.4. The molecule has 34 heavy (non-hydrogen) atoms. The molecule has 0 aromatic heterocycles. The summed E-state index contributed by atoms with van der Waals surface area (Å²) in [4.78, 5) is 26.8. The van der Waals surface area contributed by atoms with Gasteiger partial charge in [0.15, 0.2) is 0 Å².